The zero-order valence-electron chi connectivity index (χ0n) is 12.6. The summed E-state index contributed by atoms with van der Waals surface area (Å²) >= 11 is 0. The van der Waals surface area contributed by atoms with Crippen molar-refractivity contribution in [3.8, 4) is 0 Å². The molecule has 3 heterocycles. The highest BCUT2D eigenvalue weighted by Crippen LogP contribution is 2.13. The Morgan fingerprint density at radius 1 is 1.52 bits per heavy atom. The van der Waals surface area contributed by atoms with Crippen LogP contribution in [0.15, 0.2) is 47.9 Å². The third-order valence-electron chi connectivity index (χ3n) is 3.64. The molecule has 0 atom stereocenters. The van der Waals surface area contributed by atoms with Gasteiger partial charge < -0.3 is 11.1 Å². The van der Waals surface area contributed by atoms with Gasteiger partial charge in [0, 0.05) is 12.7 Å². The van der Waals surface area contributed by atoms with E-state index in [1.54, 1.807) is 42.1 Å². The monoisotopic (exact) mass is 310 g/mol. The lowest BCUT2D eigenvalue weighted by Crippen LogP contribution is -2.39. The van der Waals surface area contributed by atoms with Crippen LogP contribution in [0.5, 0.6) is 0 Å². The van der Waals surface area contributed by atoms with Crippen molar-refractivity contribution in [2.75, 3.05) is 12.3 Å². The molecule has 3 aromatic heterocycles. The molecule has 0 saturated heterocycles. The van der Waals surface area contributed by atoms with Crippen LogP contribution in [-0.4, -0.2) is 21.8 Å². The number of nitrogens with one attached hydrogen (secondary N) is 1. The second-order valence-corrected chi connectivity index (χ2v) is 5.08. The Morgan fingerprint density at radius 2 is 2.30 bits per heavy atom. The molecular formula is C16H16N5O2+. The summed E-state index contributed by atoms with van der Waals surface area (Å²) in [7, 11) is 1.67. The summed E-state index contributed by atoms with van der Waals surface area (Å²) in [6, 6.07) is 6.77. The molecule has 0 aliphatic rings. The maximum Gasteiger partial charge on any atom is 0.278 e. The molecule has 0 fully saturated rings. The van der Waals surface area contributed by atoms with Gasteiger partial charge in [0.2, 0.25) is 11.5 Å². The molecule has 3 aromatic rings. The average molecular weight is 310 g/mol. The summed E-state index contributed by atoms with van der Waals surface area (Å²) in [5, 5.41) is 2.99. The SMILES string of the molecule is C=CCNC(=O)c1cc2c(=O)n3ccccc3nc2[n+](C)c1N. The smallest absolute Gasteiger partial charge is 0.278 e. The van der Waals surface area contributed by atoms with Gasteiger partial charge in [-0.3, -0.25) is 14.0 Å². The van der Waals surface area contributed by atoms with Crippen LogP contribution in [-0.2, 0) is 7.05 Å². The van der Waals surface area contributed by atoms with Gasteiger partial charge in [-0.05, 0) is 18.2 Å². The van der Waals surface area contributed by atoms with Gasteiger partial charge in [0.15, 0.2) is 0 Å². The highest BCUT2D eigenvalue weighted by molar-refractivity contribution is 6.00. The minimum Gasteiger partial charge on any atom is -0.348 e. The normalized spacial score (nSPS) is 10.8. The molecule has 0 bridgehead atoms. The molecule has 0 aromatic carbocycles. The molecule has 0 spiro atoms. The highest BCUT2D eigenvalue weighted by Gasteiger charge is 2.22. The maximum absolute atomic E-state index is 12.7. The maximum atomic E-state index is 12.7. The largest absolute Gasteiger partial charge is 0.348 e. The van der Waals surface area contributed by atoms with Crippen LogP contribution in [0, 0.1) is 0 Å². The predicted molar refractivity (Wildman–Crippen MR) is 87.1 cm³/mol. The zero-order valence-corrected chi connectivity index (χ0v) is 12.6. The van der Waals surface area contributed by atoms with Gasteiger partial charge >= 0.3 is 0 Å². The number of pyridine rings is 2. The van der Waals surface area contributed by atoms with Crippen molar-refractivity contribution in [3.63, 3.8) is 0 Å². The van der Waals surface area contributed by atoms with Gasteiger partial charge in [0.1, 0.15) is 10.9 Å². The van der Waals surface area contributed by atoms with Crippen molar-refractivity contribution in [3.05, 3.63) is 59.0 Å². The van der Waals surface area contributed by atoms with Crippen LogP contribution in [0.25, 0.3) is 16.7 Å². The molecular weight excluding hydrogens is 294 g/mol. The summed E-state index contributed by atoms with van der Waals surface area (Å²) < 4.78 is 2.98. The van der Waals surface area contributed by atoms with Gasteiger partial charge in [-0.1, -0.05) is 17.1 Å². The Hall–Kier alpha value is -3.22. The van der Waals surface area contributed by atoms with Crippen LogP contribution in [0.2, 0.25) is 0 Å². The van der Waals surface area contributed by atoms with Crippen molar-refractivity contribution in [2.24, 2.45) is 7.05 Å². The fraction of sp³-hybridized carbons (Fsp3) is 0.125. The molecule has 116 valence electrons. The first-order valence-corrected chi connectivity index (χ1v) is 7.03. The molecule has 7 heteroatoms. The summed E-state index contributed by atoms with van der Waals surface area (Å²) in [6.07, 6.45) is 3.21. The molecule has 3 N–H and O–H groups in total. The third-order valence-corrected chi connectivity index (χ3v) is 3.64. The van der Waals surface area contributed by atoms with Crippen molar-refractivity contribution in [1.29, 1.82) is 0 Å². The van der Waals surface area contributed by atoms with Gasteiger partial charge in [0.25, 0.3) is 17.1 Å². The number of aromatic nitrogens is 3. The van der Waals surface area contributed by atoms with E-state index in [1.807, 2.05) is 0 Å². The molecule has 0 saturated carbocycles. The van der Waals surface area contributed by atoms with Crippen LogP contribution in [0.4, 0.5) is 5.82 Å². The Balaban J connectivity index is 2.34. The van der Waals surface area contributed by atoms with Crippen molar-refractivity contribution >= 4 is 28.4 Å². The number of nitrogens with zero attached hydrogens (tertiary/aromatic N) is 3. The van der Waals surface area contributed by atoms with E-state index in [2.05, 4.69) is 16.9 Å². The minimum absolute atomic E-state index is 0.233. The minimum atomic E-state index is -0.363. The van der Waals surface area contributed by atoms with E-state index in [0.717, 1.165) is 0 Å². The summed E-state index contributed by atoms with van der Waals surface area (Å²) in [6.45, 7) is 3.86. The van der Waals surface area contributed by atoms with Gasteiger partial charge in [-0.15, -0.1) is 6.58 Å². The molecule has 0 radical (unpaired) electrons. The van der Waals surface area contributed by atoms with Crippen molar-refractivity contribution in [2.45, 2.75) is 0 Å². The van der Waals surface area contributed by atoms with E-state index in [-0.39, 0.29) is 22.8 Å². The van der Waals surface area contributed by atoms with E-state index in [9.17, 15) is 9.59 Å². The molecule has 23 heavy (non-hydrogen) atoms. The van der Waals surface area contributed by atoms with Gasteiger partial charge in [0.05, 0.1) is 7.05 Å². The van der Waals surface area contributed by atoms with Crippen LogP contribution in [0.1, 0.15) is 10.4 Å². The Bertz CT molecular complexity index is 1010. The van der Waals surface area contributed by atoms with E-state index in [1.165, 1.54) is 10.5 Å². The number of carbonyl (C=O) groups is 1. The number of nitrogen functional groups attached to an aromatic ring is 1. The number of hydrogen-bond donors (Lipinski definition) is 2. The number of carbonyl (C=O) groups excluding carboxylic acids is 1. The quantitative estimate of drug-likeness (QED) is 0.410. The summed E-state index contributed by atoms with van der Waals surface area (Å²) in [5.74, 6) is -0.122. The fourth-order valence-electron chi connectivity index (χ4n) is 2.43. The molecule has 1 amide bonds. The van der Waals surface area contributed by atoms with Crippen molar-refractivity contribution in [1.82, 2.24) is 14.7 Å². The number of anilines is 1. The molecule has 0 aliphatic carbocycles. The molecule has 7 nitrogen and oxygen atoms in total. The topological polar surface area (TPSA) is 93.4 Å². The van der Waals surface area contributed by atoms with Crippen LogP contribution < -0.4 is 21.2 Å². The van der Waals surface area contributed by atoms with E-state index in [4.69, 9.17) is 5.73 Å². The molecule has 0 aliphatic heterocycles. The van der Waals surface area contributed by atoms with Gasteiger partial charge in [-0.25, -0.2) is 4.57 Å². The second kappa shape index (κ2) is 5.53. The fourth-order valence-corrected chi connectivity index (χ4v) is 2.43. The Morgan fingerprint density at radius 3 is 3.04 bits per heavy atom. The summed E-state index contributed by atoms with van der Waals surface area (Å²) in [5.41, 5.74) is 6.97. The van der Waals surface area contributed by atoms with E-state index in [0.29, 0.717) is 23.2 Å². The third kappa shape index (κ3) is 2.32. The standard InChI is InChI=1S/C16H15N5O2/c1-3-7-18-15(22)10-9-11-14(20(2)13(10)17)19-12-6-4-5-8-21(12)16(11)23/h3-6,8-9,17H,1,7H2,2H3,(H,18,22)/p+1. The molecule has 3 rings (SSSR count). The van der Waals surface area contributed by atoms with Crippen LogP contribution >= 0.6 is 0 Å². The van der Waals surface area contributed by atoms with Crippen molar-refractivity contribution < 1.29 is 9.36 Å². The van der Waals surface area contributed by atoms with Gasteiger partial charge in [-0.2, -0.15) is 0 Å². The van der Waals surface area contributed by atoms with E-state index >= 15 is 0 Å². The van der Waals surface area contributed by atoms with E-state index < -0.39 is 0 Å². The lowest BCUT2D eigenvalue weighted by molar-refractivity contribution is -0.632. The Kier molecular flexibility index (Phi) is 3.53. The number of fused-ring (bicyclic) bond motifs is 2. The Labute approximate surface area is 131 Å². The highest BCUT2D eigenvalue weighted by atomic mass is 16.1. The first-order chi connectivity index (χ1) is 11.0. The predicted octanol–water partition coefficient (Wildman–Crippen LogP) is 0.170. The zero-order chi connectivity index (χ0) is 16.6. The summed E-state index contributed by atoms with van der Waals surface area (Å²) in [4.78, 5) is 29.3. The first kappa shape index (κ1) is 14.7. The average Bonchev–Trinajstić information content (AvgIpc) is 2.56. The van der Waals surface area contributed by atoms with Crippen LogP contribution in [0.3, 0.4) is 0 Å². The number of aryl methyl sites for hydroxylation is 1. The first-order valence-electron chi connectivity index (χ1n) is 7.03. The lowest BCUT2D eigenvalue weighted by atomic mass is 10.2. The number of nitrogens with two attached hydrogens (primary N) is 1. The molecule has 0 unspecified atom stereocenters. The number of hydrogen-bond acceptors (Lipinski definition) is 4. The number of rotatable bonds is 3. The second-order valence-electron chi connectivity index (χ2n) is 5.08. The number of amides is 1. The lowest BCUT2D eigenvalue weighted by Gasteiger charge is -2.08.